The summed E-state index contributed by atoms with van der Waals surface area (Å²) in [5.41, 5.74) is 9.08. The number of likely N-dealkylation sites (tertiary alicyclic amines) is 1. The molecule has 1 heterocycles. The van der Waals surface area contributed by atoms with Crippen molar-refractivity contribution in [3.05, 3.63) is 29.3 Å². The lowest BCUT2D eigenvalue weighted by Gasteiger charge is -2.46. The first kappa shape index (κ1) is 14.9. The van der Waals surface area contributed by atoms with E-state index in [0.717, 1.165) is 12.3 Å². The lowest BCUT2D eigenvalue weighted by Crippen LogP contribution is -2.50. The van der Waals surface area contributed by atoms with Crippen LogP contribution in [0.3, 0.4) is 0 Å². The molecule has 0 amide bonds. The first-order chi connectivity index (χ1) is 10.2. The van der Waals surface area contributed by atoms with Crippen LogP contribution in [-0.4, -0.2) is 31.1 Å². The molecule has 1 aliphatic heterocycles. The van der Waals surface area contributed by atoms with Gasteiger partial charge in [-0.1, -0.05) is 13.0 Å². The van der Waals surface area contributed by atoms with Gasteiger partial charge in [-0.3, -0.25) is 4.90 Å². The number of hydrogen-bond donors (Lipinski definition) is 1. The van der Waals surface area contributed by atoms with Gasteiger partial charge in [0.1, 0.15) is 5.75 Å². The van der Waals surface area contributed by atoms with E-state index in [-0.39, 0.29) is 0 Å². The summed E-state index contributed by atoms with van der Waals surface area (Å²) >= 11 is 0. The number of ether oxygens (including phenoxy) is 1. The van der Waals surface area contributed by atoms with Gasteiger partial charge in [0.05, 0.1) is 7.11 Å². The van der Waals surface area contributed by atoms with E-state index in [2.05, 4.69) is 30.0 Å². The second kappa shape index (κ2) is 6.37. The van der Waals surface area contributed by atoms with Crippen LogP contribution < -0.4 is 10.5 Å². The highest BCUT2D eigenvalue weighted by Crippen LogP contribution is 2.39. The highest BCUT2D eigenvalue weighted by molar-refractivity contribution is 5.39. The number of rotatable bonds is 3. The number of piperidine rings is 1. The number of methoxy groups -OCH3 is 1. The van der Waals surface area contributed by atoms with Crippen LogP contribution in [0.2, 0.25) is 0 Å². The molecule has 2 aliphatic rings. The molecule has 3 heteroatoms. The van der Waals surface area contributed by atoms with E-state index < -0.39 is 0 Å². The standard InChI is InChI=1S/C18H28N2O/c1-13-5-4-10-20(18(13)12-19)17-7-3-6-14-11-15(21-2)8-9-16(14)17/h8-9,11,13,17-18H,3-7,10,12,19H2,1-2H3. The van der Waals surface area contributed by atoms with Crippen LogP contribution in [0.5, 0.6) is 5.75 Å². The molecule has 1 aliphatic carbocycles. The molecule has 0 radical (unpaired) electrons. The molecule has 3 unspecified atom stereocenters. The van der Waals surface area contributed by atoms with Crippen molar-refractivity contribution in [1.29, 1.82) is 0 Å². The topological polar surface area (TPSA) is 38.5 Å². The summed E-state index contributed by atoms with van der Waals surface area (Å²) < 4.78 is 5.39. The van der Waals surface area contributed by atoms with Crippen LogP contribution in [0.1, 0.15) is 49.8 Å². The maximum Gasteiger partial charge on any atom is 0.119 e. The van der Waals surface area contributed by atoms with E-state index in [4.69, 9.17) is 10.5 Å². The van der Waals surface area contributed by atoms with Crippen LogP contribution in [-0.2, 0) is 6.42 Å². The highest BCUT2D eigenvalue weighted by atomic mass is 16.5. The van der Waals surface area contributed by atoms with Crippen LogP contribution in [0.25, 0.3) is 0 Å². The summed E-state index contributed by atoms with van der Waals surface area (Å²) in [6.45, 7) is 4.34. The molecule has 0 saturated carbocycles. The molecule has 0 spiro atoms. The summed E-state index contributed by atoms with van der Waals surface area (Å²) in [4.78, 5) is 2.69. The molecule has 0 bridgehead atoms. The van der Waals surface area contributed by atoms with Crippen LogP contribution in [0.4, 0.5) is 0 Å². The Kier molecular flexibility index (Phi) is 4.51. The minimum atomic E-state index is 0.539. The van der Waals surface area contributed by atoms with Gasteiger partial charge in [0.15, 0.2) is 0 Å². The average Bonchev–Trinajstić information content (AvgIpc) is 2.53. The molecule has 1 saturated heterocycles. The minimum absolute atomic E-state index is 0.539. The number of aryl methyl sites for hydroxylation is 1. The Hall–Kier alpha value is -1.06. The third kappa shape index (κ3) is 2.82. The van der Waals surface area contributed by atoms with E-state index in [1.54, 1.807) is 7.11 Å². The zero-order valence-corrected chi connectivity index (χ0v) is 13.3. The molecule has 3 atom stereocenters. The van der Waals surface area contributed by atoms with Gasteiger partial charge in [-0.15, -0.1) is 0 Å². The maximum atomic E-state index is 6.09. The highest BCUT2D eigenvalue weighted by Gasteiger charge is 2.35. The van der Waals surface area contributed by atoms with Gasteiger partial charge in [-0.25, -0.2) is 0 Å². The zero-order valence-electron chi connectivity index (χ0n) is 13.3. The predicted octanol–water partition coefficient (Wildman–Crippen LogP) is 3.13. The summed E-state index contributed by atoms with van der Waals surface area (Å²) in [5, 5.41) is 0. The van der Waals surface area contributed by atoms with Gasteiger partial charge in [-0.2, -0.15) is 0 Å². The number of nitrogens with two attached hydrogens (primary N) is 1. The van der Waals surface area contributed by atoms with Crippen molar-refractivity contribution in [1.82, 2.24) is 4.90 Å². The Labute approximate surface area is 128 Å². The van der Waals surface area contributed by atoms with E-state index >= 15 is 0 Å². The Morgan fingerprint density at radius 2 is 2.14 bits per heavy atom. The fourth-order valence-corrected chi connectivity index (χ4v) is 4.27. The number of fused-ring (bicyclic) bond motifs is 1. The normalized spacial score (nSPS) is 30.0. The Balaban J connectivity index is 1.90. The lowest BCUT2D eigenvalue weighted by atomic mass is 9.82. The van der Waals surface area contributed by atoms with E-state index in [9.17, 15) is 0 Å². The predicted molar refractivity (Wildman–Crippen MR) is 86.6 cm³/mol. The minimum Gasteiger partial charge on any atom is -0.497 e. The van der Waals surface area contributed by atoms with Crippen molar-refractivity contribution in [2.45, 2.75) is 51.1 Å². The average molecular weight is 288 g/mol. The second-order valence-electron chi connectivity index (χ2n) is 6.63. The second-order valence-corrected chi connectivity index (χ2v) is 6.63. The van der Waals surface area contributed by atoms with Crippen molar-refractivity contribution < 1.29 is 4.74 Å². The number of benzene rings is 1. The summed E-state index contributed by atoms with van der Waals surface area (Å²) in [6.07, 6.45) is 6.34. The SMILES string of the molecule is COc1ccc2c(c1)CCCC2N1CCCC(C)C1CN. The van der Waals surface area contributed by atoms with E-state index in [0.29, 0.717) is 18.0 Å². The third-order valence-corrected chi connectivity index (χ3v) is 5.43. The molecule has 2 N–H and O–H groups in total. The molecule has 0 aromatic heterocycles. The lowest BCUT2D eigenvalue weighted by molar-refractivity contribution is 0.0536. The largest absolute Gasteiger partial charge is 0.497 e. The molecular weight excluding hydrogens is 260 g/mol. The monoisotopic (exact) mass is 288 g/mol. The molecule has 1 aromatic carbocycles. The van der Waals surface area contributed by atoms with Gasteiger partial charge < -0.3 is 10.5 Å². The molecule has 1 fully saturated rings. The smallest absolute Gasteiger partial charge is 0.119 e. The van der Waals surface area contributed by atoms with Gasteiger partial charge in [-0.05, 0) is 67.8 Å². The van der Waals surface area contributed by atoms with Crippen molar-refractivity contribution in [3.63, 3.8) is 0 Å². The van der Waals surface area contributed by atoms with Gasteiger partial charge in [0.25, 0.3) is 0 Å². The summed E-state index contributed by atoms with van der Waals surface area (Å²) in [6, 6.07) is 7.71. The van der Waals surface area contributed by atoms with Gasteiger partial charge in [0.2, 0.25) is 0 Å². The quantitative estimate of drug-likeness (QED) is 0.928. The third-order valence-electron chi connectivity index (χ3n) is 5.43. The summed E-state index contributed by atoms with van der Waals surface area (Å²) in [5.74, 6) is 1.70. The molecular formula is C18H28N2O. The first-order valence-corrected chi connectivity index (χ1v) is 8.37. The molecule has 3 nitrogen and oxygen atoms in total. The fraction of sp³-hybridized carbons (Fsp3) is 0.667. The molecule has 3 rings (SSSR count). The van der Waals surface area contributed by atoms with Crippen LogP contribution >= 0.6 is 0 Å². The van der Waals surface area contributed by atoms with Gasteiger partial charge in [0, 0.05) is 18.6 Å². The molecule has 1 aromatic rings. The Morgan fingerprint density at radius 3 is 2.90 bits per heavy atom. The van der Waals surface area contributed by atoms with Crippen LogP contribution in [0.15, 0.2) is 18.2 Å². The molecule has 116 valence electrons. The van der Waals surface area contributed by atoms with Crippen molar-refractivity contribution in [2.75, 3.05) is 20.2 Å². The molecule has 21 heavy (non-hydrogen) atoms. The van der Waals surface area contributed by atoms with Crippen molar-refractivity contribution in [2.24, 2.45) is 11.7 Å². The van der Waals surface area contributed by atoms with Crippen molar-refractivity contribution >= 4 is 0 Å². The first-order valence-electron chi connectivity index (χ1n) is 8.37. The maximum absolute atomic E-state index is 6.09. The van der Waals surface area contributed by atoms with Crippen molar-refractivity contribution in [3.8, 4) is 5.75 Å². The van der Waals surface area contributed by atoms with Crippen LogP contribution in [0, 0.1) is 5.92 Å². The van der Waals surface area contributed by atoms with E-state index in [1.807, 2.05) is 0 Å². The number of nitrogens with zero attached hydrogens (tertiary/aromatic N) is 1. The Bertz CT molecular complexity index is 488. The van der Waals surface area contributed by atoms with Gasteiger partial charge >= 0.3 is 0 Å². The summed E-state index contributed by atoms with van der Waals surface area (Å²) in [7, 11) is 1.75. The fourth-order valence-electron chi connectivity index (χ4n) is 4.27. The van der Waals surface area contributed by atoms with E-state index in [1.165, 1.54) is 49.8 Å². The number of hydrogen-bond acceptors (Lipinski definition) is 3. The Morgan fingerprint density at radius 1 is 1.29 bits per heavy atom. The zero-order chi connectivity index (χ0) is 14.8.